The zero-order chi connectivity index (χ0) is 14.4. The topological polar surface area (TPSA) is 83.7 Å². The van der Waals surface area contributed by atoms with Gasteiger partial charge in [0.2, 0.25) is 0 Å². The van der Waals surface area contributed by atoms with Gasteiger partial charge in [-0.2, -0.15) is 0 Å². The summed E-state index contributed by atoms with van der Waals surface area (Å²) in [5.41, 5.74) is 0.260. The molecule has 0 aliphatic carbocycles. The van der Waals surface area contributed by atoms with E-state index in [0.29, 0.717) is 12.2 Å². The summed E-state index contributed by atoms with van der Waals surface area (Å²) in [6.45, 7) is 4.20. The van der Waals surface area contributed by atoms with Crippen molar-refractivity contribution in [2.24, 2.45) is 0 Å². The van der Waals surface area contributed by atoms with Crippen LogP contribution in [-0.4, -0.2) is 29.6 Å². The van der Waals surface area contributed by atoms with Gasteiger partial charge in [0.1, 0.15) is 5.69 Å². The summed E-state index contributed by atoms with van der Waals surface area (Å²) in [6.07, 6.45) is 3.38. The molecule has 6 nitrogen and oxygen atoms in total. The molecular formula is C13H16N2O4. The molecule has 0 aromatic heterocycles. The van der Waals surface area contributed by atoms with Crippen molar-refractivity contribution >= 4 is 17.3 Å². The molecule has 0 spiro atoms. The zero-order valence-electron chi connectivity index (χ0n) is 10.7. The molecule has 1 aromatic rings. The van der Waals surface area contributed by atoms with Crippen molar-refractivity contribution in [2.45, 2.75) is 12.8 Å². The molecule has 0 unspecified atom stereocenters. The van der Waals surface area contributed by atoms with E-state index in [2.05, 4.69) is 6.58 Å². The van der Waals surface area contributed by atoms with Gasteiger partial charge < -0.3 is 10.0 Å². The van der Waals surface area contributed by atoms with Crippen LogP contribution in [0.2, 0.25) is 0 Å². The van der Waals surface area contributed by atoms with Crippen LogP contribution in [0.5, 0.6) is 0 Å². The molecular weight excluding hydrogens is 248 g/mol. The smallest absolute Gasteiger partial charge is 0.335 e. The second-order valence-corrected chi connectivity index (χ2v) is 4.12. The number of benzene rings is 1. The third kappa shape index (κ3) is 3.80. The maximum Gasteiger partial charge on any atom is 0.335 e. The molecule has 0 saturated carbocycles. The molecule has 1 N–H and O–H groups in total. The number of allylic oxidation sites excluding steroid dienone is 1. The highest BCUT2D eigenvalue weighted by atomic mass is 16.6. The summed E-state index contributed by atoms with van der Waals surface area (Å²) in [7, 11) is 1.71. The Bertz CT molecular complexity index is 499. The van der Waals surface area contributed by atoms with Crippen molar-refractivity contribution in [3.05, 3.63) is 46.5 Å². The number of carboxylic acid groups (broad SMARTS) is 1. The van der Waals surface area contributed by atoms with Gasteiger partial charge in [0.05, 0.1) is 10.5 Å². The van der Waals surface area contributed by atoms with Crippen LogP contribution in [0.15, 0.2) is 30.9 Å². The molecule has 0 radical (unpaired) electrons. The summed E-state index contributed by atoms with van der Waals surface area (Å²) < 4.78 is 0. The first-order chi connectivity index (χ1) is 8.97. The second-order valence-electron chi connectivity index (χ2n) is 4.12. The van der Waals surface area contributed by atoms with Gasteiger partial charge in [0, 0.05) is 19.7 Å². The Morgan fingerprint density at radius 1 is 1.58 bits per heavy atom. The lowest BCUT2D eigenvalue weighted by atomic mass is 10.1. The number of anilines is 1. The average molecular weight is 264 g/mol. The molecule has 0 fully saturated rings. The van der Waals surface area contributed by atoms with Crippen molar-refractivity contribution in [2.75, 3.05) is 18.5 Å². The number of hydrogen-bond donors (Lipinski definition) is 1. The summed E-state index contributed by atoms with van der Waals surface area (Å²) in [6, 6.07) is 3.79. The molecule has 0 saturated heterocycles. The Balaban J connectivity index is 3.06. The van der Waals surface area contributed by atoms with Crippen LogP contribution in [0.25, 0.3) is 0 Å². The molecule has 1 rings (SSSR count). The lowest BCUT2D eigenvalue weighted by molar-refractivity contribution is -0.384. The number of aromatic carboxylic acids is 1. The van der Waals surface area contributed by atoms with Crippen LogP contribution in [0.1, 0.15) is 23.2 Å². The first-order valence-electron chi connectivity index (χ1n) is 5.81. The number of carbonyl (C=O) groups is 1. The fourth-order valence-corrected chi connectivity index (χ4v) is 1.71. The number of nitro benzene ring substituents is 1. The van der Waals surface area contributed by atoms with Gasteiger partial charge in [-0.05, 0) is 25.0 Å². The van der Waals surface area contributed by atoms with E-state index < -0.39 is 10.9 Å². The van der Waals surface area contributed by atoms with Crippen molar-refractivity contribution < 1.29 is 14.8 Å². The van der Waals surface area contributed by atoms with E-state index in [4.69, 9.17) is 5.11 Å². The normalized spacial score (nSPS) is 9.95. The van der Waals surface area contributed by atoms with E-state index >= 15 is 0 Å². The van der Waals surface area contributed by atoms with Crippen LogP contribution >= 0.6 is 0 Å². The Labute approximate surface area is 111 Å². The number of nitro groups is 1. The van der Waals surface area contributed by atoms with Crippen molar-refractivity contribution in [1.29, 1.82) is 0 Å². The van der Waals surface area contributed by atoms with E-state index in [9.17, 15) is 14.9 Å². The second kappa shape index (κ2) is 6.53. The number of unbranched alkanes of at least 4 members (excludes halogenated alkanes) is 1. The minimum atomic E-state index is -1.10. The average Bonchev–Trinajstić information content (AvgIpc) is 2.37. The third-order valence-electron chi connectivity index (χ3n) is 2.73. The Kier molecular flexibility index (Phi) is 5.05. The maximum absolute atomic E-state index is 11.0. The van der Waals surface area contributed by atoms with Crippen LogP contribution < -0.4 is 4.90 Å². The van der Waals surface area contributed by atoms with Gasteiger partial charge in [-0.3, -0.25) is 10.1 Å². The molecule has 0 atom stereocenters. The Morgan fingerprint density at radius 3 is 2.79 bits per heavy atom. The monoisotopic (exact) mass is 264 g/mol. The van der Waals surface area contributed by atoms with Crippen LogP contribution in [-0.2, 0) is 0 Å². The first-order valence-corrected chi connectivity index (χ1v) is 5.81. The molecule has 6 heteroatoms. The van der Waals surface area contributed by atoms with Crippen LogP contribution in [0, 0.1) is 10.1 Å². The largest absolute Gasteiger partial charge is 0.478 e. The minimum Gasteiger partial charge on any atom is -0.478 e. The van der Waals surface area contributed by atoms with E-state index in [-0.39, 0.29) is 11.3 Å². The maximum atomic E-state index is 11.0. The zero-order valence-corrected chi connectivity index (χ0v) is 10.7. The predicted molar refractivity (Wildman–Crippen MR) is 72.8 cm³/mol. The molecule has 0 bridgehead atoms. The summed E-state index contributed by atoms with van der Waals surface area (Å²) in [5, 5.41) is 19.9. The van der Waals surface area contributed by atoms with E-state index in [1.54, 1.807) is 18.0 Å². The lowest BCUT2D eigenvalue weighted by Crippen LogP contribution is -2.20. The highest BCUT2D eigenvalue weighted by Crippen LogP contribution is 2.28. The Morgan fingerprint density at radius 2 is 2.26 bits per heavy atom. The van der Waals surface area contributed by atoms with Gasteiger partial charge in [-0.15, -0.1) is 6.58 Å². The molecule has 0 aliphatic rings. The van der Waals surface area contributed by atoms with Gasteiger partial charge >= 0.3 is 5.97 Å². The van der Waals surface area contributed by atoms with Crippen molar-refractivity contribution in [3.63, 3.8) is 0 Å². The molecule has 0 heterocycles. The molecule has 0 aliphatic heterocycles. The number of rotatable bonds is 7. The number of carboxylic acids is 1. The summed E-state index contributed by atoms with van der Waals surface area (Å²) in [4.78, 5) is 23.0. The molecule has 19 heavy (non-hydrogen) atoms. The molecule has 0 amide bonds. The number of hydrogen-bond acceptors (Lipinski definition) is 4. The highest BCUT2D eigenvalue weighted by molar-refractivity contribution is 5.90. The van der Waals surface area contributed by atoms with Gasteiger partial charge in [0.25, 0.3) is 5.69 Å². The fourth-order valence-electron chi connectivity index (χ4n) is 1.71. The number of nitrogens with zero attached hydrogens (tertiary/aromatic N) is 2. The lowest BCUT2D eigenvalue weighted by Gasteiger charge is -2.19. The third-order valence-corrected chi connectivity index (χ3v) is 2.73. The van der Waals surface area contributed by atoms with Crippen molar-refractivity contribution in [3.8, 4) is 0 Å². The predicted octanol–water partition coefficient (Wildman–Crippen LogP) is 2.70. The van der Waals surface area contributed by atoms with E-state index in [1.165, 1.54) is 18.2 Å². The van der Waals surface area contributed by atoms with Gasteiger partial charge in [-0.1, -0.05) is 6.08 Å². The molecule has 102 valence electrons. The minimum absolute atomic E-state index is 0.0381. The van der Waals surface area contributed by atoms with Crippen LogP contribution in [0.3, 0.4) is 0 Å². The van der Waals surface area contributed by atoms with Gasteiger partial charge in [0.15, 0.2) is 0 Å². The highest BCUT2D eigenvalue weighted by Gasteiger charge is 2.19. The fraction of sp³-hybridized carbons (Fsp3) is 0.308. The van der Waals surface area contributed by atoms with Crippen LogP contribution in [0.4, 0.5) is 11.4 Å². The van der Waals surface area contributed by atoms with E-state index in [1.807, 2.05) is 0 Å². The van der Waals surface area contributed by atoms with Crippen molar-refractivity contribution in [1.82, 2.24) is 0 Å². The van der Waals surface area contributed by atoms with Gasteiger partial charge in [-0.25, -0.2) is 4.79 Å². The standard InChI is InChI=1S/C13H16N2O4/c1-3-4-5-8-14(2)12-9-10(13(16)17)6-7-11(12)15(18)19/h3,6-7,9H,1,4-5,8H2,2H3,(H,16,17). The quantitative estimate of drug-likeness (QED) is 0.354. The molecule has 1 aromatic carbocycles. The SMILES string of the molecule is C=CCCCN(C)c1cc(C(=O)O)ccc1[N+](=O)[O-]. The first kappa shape index (κ1) is 14.7. The summed E-state index contributed by atoms with van der Waals surface area (Å²) in [5.74, 6) is -1.10. The summed E-state index contributed by atoms with van der Waals surface area (Å²) >= 11 is 0. The Hall–Kier alpha value is -2.37. The van der Waals surface area contributed by atoms with E-state index in [0.717, 1.165) is 12.8 Å².